The molecule has 21 heavy (non-hydrogen) atoms. The molecule has 2 rings (SSSR count). The molecule has 0 unspecified atom stereocenters. The summed E-state index contributed by atoms with van der Waals surface area (Å²) >= 11 is 0. The number of carbonyl (C=O) groups excluding carboxylic acids is 2. The van der Waals surface area contributed by atoms with E-state index in [0.717, 1.165) is 12.1 Å². The lowest BCUT2D eigenvalue weighted by molar-refractivity contribution is 0.0946. The zero-order chi connectivity index (χ0) is 15.4. The van der Waals surface area contributed by atoms with Gasteiger partial charge in [0.15, 0.2) is 0 Å². The van der Waals surface area contributed by atoms with E-state index < -0.39 is 23.4 Å². The highest BCUT2D eigenvalue weighted by Crippen LogP contribution is 2.10. The predicted octanol–water partition coefficient (Wildman–Crippen LogP) is 1.99. The molecule has 2 aromatic carbocycles. The number of benzene rings is 2. The summed E-state index contributed by atoms with van der Waals surface area (Å²) in [5.41, 5.74) is 5.86. The number of hydrogen-bond acceptors (Lipinski definition) is 2. The summed E-state index contributed by atoms with van der Waals surface area (Å²) < 4.78 is 26.2. The van der Waals surface area contributed by atoms with Crippen LogP contribution in [0.2, 0.25) is 0 Å². The molecule has 3 N–H and O–H groups in total. The summed E-state index contributed by atoms with van der Waals surface area (Å²) in [4.78, 5) is 22.8. The molecule has 0 saturated heterocycles. The zero-order valence-electron chi connectivity index (χ0n) is 10.9. The molecule has 0 aliphatic carbocycles. The van der Waals surface area contributed by atoms with E-state index in [9.17, 15) is 18.4 Å². The third kappa shape index (κ3) is 3.62. The second kappa shape index (κ2) is 6.13. The van der Waals surface area contributed by atoms with Gasteiger partial charge in [0.25, 0.3) is 5.91 Å². The Morgan fingerprint density at radius 3 is 2.52 bits per heavy atom. The van der Waals surface area contributed by atoms with Crippen LogP contribution in [-0.2, 0) is 6.54 Å². The van der Waals surface area contributed by atoms with Crippen LogP contribution >= 0.6 is 0 Å². The van der Waals surface area contributed by atoms with Gasteiger partial charge in [-0.3, -0.25) is 9.59 Å². The summed E-state index contributed by atoms with van der Waals surface area (Å²) in [6.07, 6.45) is 0. The number of rotatable bonds is 4. The van der Waals surface area contributed by atoms with Crippen LogP contribution in [0, 0.1) is 11.6 Å². The quantitative estimate of drug-likeness (QED) is 0.904. The molecule has 108 valence electrons. The Hall–Kier alpha value is -2.76. The van der Waals surface area contributed by atoms with Crippen LogP contribution in [0.3, 0.4) is 0 Å². The lowest BCUT2D eigenvalue weighted by atomic mass is 10.1. The molecule has 4 nitrogen and oxygen atoms in total. The van der Waals surface area contributed by atoms with E-state index in [2.05, 4.69) is 5.32 Å². The van der Waals surface area contributed by atoms with Crippen molar-refractivity contribution in [2.75, 3.05) is 0 Å². The molecule has 0 fully saturated rings. The number of primary amides is 1. The van der Waals surface area contributed by atoms with Crippen molar-refractivity contribution in [3.8, 4) is 0 Å². The second-order valence-electron chi connectivity index (χ2n) is 4.37. The molecule has 6 heteroatoms. The smallest absolute Gasteiger partial charge is 0.254 e. The highest BCUT2D eigenvalue weighted by atomic mass is 19.1. The Labute approximate surface area is 119 Å². The largest absolute Gasteiger partial charge is 0.366 e. The normalized spacial score (nSPS) is 10.2. The fourth-order valence-corrected chi connectivity index (χ4v) is 1.79. The van der Waals surface area contributed by atoms with E-state index in [1.54, 1.807) is 18.2 Å². The minimum absolute atomic E-state index is 0.0940. The molecule has 0 aromatic heterocycles. The standard InChI is InChI=1S/C15H12F2N2O2/c16-11-4-5-12(13(17)7-11)15(21)19-8-9-2-1-3-10(6-9)14(18)20/h1-7H,8H2,(H2,18,20)(H,19,21). The van der Waals surface area contributed by atoms with Gasteiger partial charge in [-0.2, -0.15) is 0 Å². The van der Waals surface area contributed by atoms with E-state index in [4.69, 9.17) is 5.73 Å². The average Bonchev–Trinajstić information content (AvgIpc) is 2.45. The predicted molar refractivity (Wildman–Crippen MR) is 72.5 cm³/mol. The van der Waals surface area contributed by atoms with Gasteiger partial charge in [-0.15, -0.1) is 0 Å². The summed E-state index contributed by atoms with van der Waals surface area (Å²) in [6.45, 7) is 0.0940. The first-order chi connectivity index (χ1) is 9.97. The van der Waals surface area contributed by atoms with E-state index >= 15 is 0 Å². The van der Waals surface area contributed by atoms with E-state index in [1.165, 1.54) is 6.07 Å². The monoisotopic (exact) mass is 290 g/mol. The number of nitrogens with two attached hydrogens (primary N) is 1. The Balaban J connectivity index is 2.07. The minimum atomic E-state index is -0.932. The highest BCUT2D eigenvalue weighted by Gasteiger charge is 2.12. The summed E-state index contributed by atoms with van der Waals surface area (Å²) in [5.74, 6) is -2.93. The lowest BCUT2D eigenvalue weighted by Gasteiger charge is -2.07. The Morgan fingerprint density at radius 2 is 1.86 bits per heavy atom. The van der Waals surface area contributed by atoms with Gasteiger partial charge in [0.2, 0.25) is 5.91 Å². The molecule has 0 radical (unpaired) electrons. The van der Waals surface area contributed by atoms with Gasteiger partial charge in [-0.25, -0.2) is 8.78 Å². The van der Waals surface area contributed by atoms with Crippen LogP contribution in [0.25, 0.3) is 0 Å². The van der Waals surface area contributed by atoms with Crippen molar-refractivity contribution in [2.45, 2.75) is 6.54 Å². The zero-order valence-corrected chi connectivity index (χ0v) is 10.9. The van der Waals surface area contributed by atoms with Crippen LogP contribution in [-0.4, -0.2) is 11.8 Å². The second-order valence-corrected chi connectivity index (χ2v) is 4.37. The number of hydrogen-bond donors (Lipinski definition) is 2. The van der Waals surface area contributed by atoms with Crippen LogP contribution in [0.15, 0.2) is 42.5 Å². The molecule has 2 amide bonds. The van der Waals surface area contributed by atoms with Crippen LogP contribution < -0.4 is 11.1 Å². The van der Waals surface area contributed by atoms with Crippen molar-refractivity contribution in [1.29, 1.82) is 0 Å². The molecule has 0 aliphatic rings. The number of halogens is 2. The summed E-state index contributed by atoms with van der Waals surface area (Å²) in [7, 11) is 0. The maximum atomic E-state index is 13.4. The minimum Gasteiger partial charge on any atom is -0.366 e. The van der Waals surface area contributed by atoms with Crippen LogP contribution in [0.1, 0.15) is 26.3 Å². The van der Waals surface area contributed by atoms with Crippen molar-refractivity contribution >= 4 is 11.8 Å². The first-order valence-corrected chi connectivity index (χ1v) is 6.09. The van der Waals surface area contributed by atoms with Gasteiger partial charge in [-0.1, -0.05) is 12.1 Å². The molecule has 0 bridgehead atoms. The average molecular weight is 290 g/mol. The fourth-order valence-electron chi connectivity index (χ4n) is 1.79. The van der Waals surface area contributed by atoms with Gasteiger partial charge in [0, 0.05) is 18.2 Å². The Bertz CT molecular complexity index is 702. The Morgan fingerprint density at radius 1 is 1.10 bits per heavy atom. The van der Waals surface area contributed by atoms with Crippen molar-refractivity contribution in [3.05, 3.63) is 70.8 Å². The molecule has 0 saturated carbocycles. The van der Waals surface area contributed by atoms with Crippen LogP contribution in [0.5, 0.6) is 0 Å². The maximum absolute atomic E-state index is 13.4. The molecule has 2 aromatic rings. The summed E-state index contributed by atoms with van der Waals surface area (Å²) in [6, 6.07) is 9.11. The molecular formula is C15H12F2N2O2. The van der Waals surface area contributed by atoms with Gasteiger partial charge < -0.3 is 11.1 Å². The Kier molecular flexibility index (Phi) is 4.27. The van der Waals surface area contributed by atoms with E-state index in [-0.39, 0.29) is 12.1 Å². The highest BCUT2D eigenvalue weighted by molar-refractivity contribution is 5.94. The summed E-state index contributed by atoms with van der Waals surface area (Å²) in [5, 5.41) is 2.49. The van der Waals surface area contributed by atoms with Crippen molar-refractivity contribution in [1.82, 2.24) is 5.32 Å². The van der Waals surface area contributed by atoms with Crippen molar-refractivity contribution < 1.29 is 18.4 Å². The van der Waals surface area contributed by atoms with E-state index in [0.29, 0.717) is 17.2 Å². The van der Waals surface area contributed by atoms with Crippen molar-refractivity contribution in [3.63, 3.8) is 0 Å². The van der Waals surface area contributed by atoms with Gasteiger partial charge in [0.05, 0.1) is 5.56 Å². The van der Waals surface area contributed by atoms with E-state index in [1.807, 2.05) is 0 Å². The number of carbonyl (C=O) groups is 2. The first-order valence-electron chi connectivity index (χ1n) is 6.09. The van der Waals surface area contributed by atoms with Gasteiger partial charge >= 0.3 is 0 Å². The molecular weight excluding hydrogens is 278 g/mol. The topological polar surface area (TPSA) is 72.2 Å². The third-order valence-corrected chi connectivity index (χ3v) is 2.84. The fraction of sp³-hybridized carbons (Fsp3) is 0.0667. The maximum Gasteiger partial charge on any atom is 0.254 e. The van der Waals surface area contributed by atoms with Gasteiger partial charge in [-0.05, 0) is 29.8 Å². The molecule has 0 aliphatic heterocycles. The first kappa shape index (κ1) is 14.6. The molecule has 0 atom stereocenters. The number of amides is 2. The van der Waals surface area contributed by atoms with Crippen LogP contribution in [0.4, 0.5) is 8.78 Å². The number of nitrogens with one attached hydrogen (secondary N) is 1. The molecule has 0 heterocycles. The molecule has 0 spiro atoms. The van der Waals surface area contributed by atoms with Gasteiger partial charge in [0.1, 0.15) is 11.6 Å². The third-order valence-electron chi connectivity index (χ3n) is 2.84. The SMILES string of the molecule is NC(=O)c1cccc(CNC(=O)c2ccc(F)cc2F)c1. The van der Waals surface area contributed by atoms with Crippen molar-refractivity contribution in [2.24, 2.45) is 5.73 Å². The lowest BCUT2D eigenvalue weighted by Crippen LogP contribution is -2.24.